The van der Waals surface area contributed by atoms with Crippen LogP contribution in [0, 0.1) is 6.92 Å². The summed E-state index contributed by atoms with van der Waals surface area (Å²) in [5, 5.41) is 4.32. The van der Waals surface area contributed by atoms with Gasteiger partial charge in [-0.25, -0.2) is 9.97 Å². The van der Waals surface area contributed by atoms with E-state index in [2.05, 4.69) is 21.5 Å². The highest BCUT2D eigenvalue weighted by molar-refractivity contribution is 7.99. The van der Waals surface area contributed by atoms with Gasteiger partial charge in [-0.15, -0.1) is 0 Å². The average molecular weight is 267 g/mol. The molecular weight excluding hydrogens is 246 g/mol. The molecule has 100 valence electrons. The topological polar surface area (TPSA) is 47.0 Å². The molecule has 2 unspecified atom stereocenters. The molecule has 1 saturated carbocycles. The largest absolute Gasteiger partial charge is 0.481 e. The van der Waals surface area contributed by atoms with E-state index in [0.29, 0.717) is 11.9 Å². The molecule has 0 radical (unpaired) electrons. The van der Waals surface area contributed by atoms with Gasteiger partial charge in [0.15, 0.2) is 0 Å². The maximum Gasteiger partial charge on any atom is 0.221 e. The maximum atomic E-state index is 5.22. The van der Waals surface area contributed by atoms with Crippen LogP contribution in [0.3, 0.4) is 0 Å². The molecule has 0 saturated heterocycles. The first-order valence-corrected chi connectivity index (χ1v) is 7.68. The SMILES string of the molecule is COc1ncnc(NC2CCCC(SC)C2)c1C. The summed E-state index contributed by atoms with van der Waals surface area (Å²) < 4.78 is 5.22. The normalized spacial score (nSPS) is 23.7. The van der Waals surface area contributed by atoms with E-state index in [1.807, 2.05) is 18.7 Å². The van der Waals surface area contributed by atoms with Crippen molar-refractivity contribution in [3.63, 3.8) is 0 Å². The second kappa shape index (κ2) is 6.27. The van der Waals surface area contributed by atoms with Crippen LogP contribution in [0.4, 0.5) is 5.82 Å². The molecule has 0 bridgehead atoms. The number of ether oxygens (including phenoxy) is 1. The van der Waals surface area contributed by atoms with Crippen LogP contribution in [-0.2, 0) is 0 Å². The molecule has 1 heterocycles. The number of thioether (sulfide) groups is 1. The second-order valence-corrected chi connectivity index (χ2v) is 5.86. The summed E-state index contributed by atoms with van der Waals surface area (Å²) in [5.74, 6) is 1.57. The zero-order valence-corrected chi connectivity index (χ0v) is 12.1. The van der Waals surface area contributed by atoms with Crippen LogP contribution >= 0.6 is 11.8 Å². The summed E-state index contributed by atoms with van der Waals surface area (Å²) in [6.07, 6.45) is 8.83. The lowest BCUT2D eigenvalue weighted by molar-refractivity contribution is 0.393. The lowest BCUT2D eigenvalue weighted by atomic mass is 9.95. The number of nitrogens with one attached hydrogen (secondary N) is 1. The summed E-state index contributed by atoms with van der Waals surface area (Å²) in [5.41, 5.74) is 0.992. The fraction of sp³-hybridized carbons (Fsp3) is 0.692. The van der Waals surface area contributed by atoms with Crippen LogP contribution in [0.15, 0.2) is 6.33 Å². The minimum atomic E-state index is 0.523. The van der Waals surface area contributed by atoms with Crippen LogP contribution in [0.1, 0.15) is 31.2 Å². The van der Waals surface area contributed by atoms with Crippen LogP contribution in [0.5, 0.6) is 5.88 Å². The number of anilines is 1. The van der Waals surface area contributed by atoms with Gasteiger partial charge in [0.05, 0.1) is 12.7 Å². The van der Waals surface area contributed by atoms with Gasteiger partial charge in [-0.1, -0.05) is 6.42 Å². The molecule has 1 aromatic rings. The van der Waals surface area contributed by atoms with Crippen molar-refractivity contribution in [2.24, 2.45) is 0 Å². The van der Waals surface area contributed by atoms with E-state index in [9.17, 15) is 0 Å². The Morgan fingerprint density at radius 1 is 1.39 bits per heavy atom. The average Bonchev–Trinajstić information content (AvgIpc) is 2.41. The number of rotatable bonds is 4. The molecule has 0 spiro atoms. The van der Waals surface area contributed by atoms with Crippen molar-refractivity contribution in [2.45, 2.75) is 43.9 Å². The third kappa shape index (κ3) is 3.07. The summed E-state index contributed by atoms with van der Waals surface area (Å²) in [6.45, 7) is 2.00. The number of methoxy groups -OCH3 is 1. The first-order valence-electron chi connectivity index (χ1n) is 6.39. The second-order valence-electron chi connectivity index (χ2n) is 4.72. The van der Waals surface area contributed by atoms with Crippen molar-refractivity contribution >= 4 is 17.6 Å². The Bertz CT molecular complexity index is 400. The van der Waals surface area contributed by atoms with Gasteiger partial charge in [0, 0.05) is 11.3 Å². The van der Waals surface area contributed by atoms with Crippen LogP contribution < -0.4 is 10.1 Å². The summed E-state index contributed by atoms with van der Waals surface area (Å²) in [6, 6.07) is 0.523. The van der Waals surface area contributed by atoms with Gasteiger partial charge in [0.1, 0.15) is 12.1 Å². The van der Waals surface area contributed by atoms with Crippen molar-refractivity contribution in [2.75, 3.05) is 18.7 Å². The van der Waals surface area contributed by atoms with Crippen LogP contribution in [0.2, 0.25) is 0 Å². The highest BCUT2D eigenvalue weighted by atomic mass is 32.2. The van der Waals surface area contributed by atoms with E-state index >= 15 is 0 Å². The number of hydrogen-bond donors (Lipinski definition) is 1. The predicted molar refractivity (Wildman–Crippen MR) is 76.5 cm³/mol. The Morgan fingerprint density at radius 2 is 2.22 bits per heavy atom. The Balaban J connectivity index is 2.04. The van der Waals surface area contributed by atoms with E-state index < -0.39 is 0 Å². The molecule has 1 aromatic heterocycles. The van der Waals surface area contributed by atoms with Gasteiger partial charge >= 0.3 is 0 Å². The van der Waals surface area contributed by atoms with E-state index in [-0.39, 0.29) is 0 Å². The van der Waals surface area contributed by atoms with Gasteiger partial charge in [-0.2, -0.15) is 11.8 Å². The highest BCUT2D eigenvalue weighted by Gasteiger charge is 2.22. The first kappa shape index (κ1) is 13.5. The minimum Gasteiger partial charge on any atom is -0.481 e. The maximum absolute atomic E-state index is 5.22. The lowest BCUT2D eigenvalue weighted by Crippen LogP contribution is -2.29. The summed E-state index contributed by atoms with van der Waals surface area (Å²) in [7, 11) is 1.64. The van der Waals surface area contributed by atoms with Crippen molar-refractivity contribution in [1.29, 1.82) is 0 Å². The third-order valence-electron chi connectivity index (χ3n) is 3.53. The Kier molecular flexibility index (Phi) is 4.69. The zero-order chi connectivity index (χ0) is 13.0. The molecule has 0 aromatic carbocycles. The van der Waals surface area contributed by atoms with E-state index in [0.717, 1.165) is 16.6 Å². The quantitative estimate of drug-likeness (QED) is 0.909. The van der Waals surface area contributed by atoms with Crippen molar-refractivity contribution in [1.82, 2.24) is 9.97 Å². The van der Waals surface area contributed by atoms with E-state index in [4.69, 9.17) is 4.74 Å². The summed E-state index contributed by atoms with van der Waals surface area (Å²) >= 11 is 1.97. The molecule has 0 aliphatic heterocycles. The minimum absolute atomic E-state index is 0.523. The smallest absolute Gasteiger partial charge is 0.221 e. The molecular formula is C13H21N3OS. The van der Waals surface area contributed by atoms with Crippen LogP contribution in [-0.4, -0.2) is 34.6 Å². The van der Waals surface area contributed by atoms with Gasteiger partial charge in [0.25, 0.3) is 0 Å². The van der Waals surface area contributed by atoms with Gasteiger partial charge in [0.2, 0.25) is 5.88 Å². The molecule has 1 aliphatic rings. The van der Waals surface area contributed by atoms with E-state index in [1.165, 1.54) is 25.7 Å². The Morgan fingerprint density at radius 3 is 2.94 bits per heavy atom. The number of nitrogens with zero attached hydrogens (tertiary/aromatic N) is 2. The van der Waals surface area contributed by atoms with Crippen molar-refractivity contribution in [3.05, 3.63) is 11.9 Å². The van der Waals surface area contributed by atoms with Gasteiger partial charge in [-0.3, -0.25) is 0 Å². The van der Waals surface area contributed by atoms with Crippen LogP contribution in [0.25, 0.3) is 0 Å². The molecule has 4 nitrogen and oxygen atoms in total. The molecule has 2 rings (SSSR count). The molecule has 5 heteroatoms. The first-order chi connectivity index (χ1) is 8.74. The molecule has 1 N–H and O–H groups in total. The number of hydrogen-bond acceptors (Lipinski definition) is 5. The molecule has 1 fully saturated rings. The van der Waals surface area contributed by atoms with Crippen molar-refractivity contribution in [3.8, 4) is 5.88 Å². The molecule has 0 amide bonds. The fourth-order valence-corrected chi connectivity index (χ4v) is 3.30. The standard InChI is InChI=1S/C13H21N3OS/c1-9-12(14-8-15-13(9)17-2)16-10-5-4-6-11(7-10)18-3/h8,10-11H,4-7H2,1-3H3,(H,14,15,16). The highest BCUT2D eigenvalue weighted by Crippen LogP contribution is 2.30. The molecule has 2 atom stereocenters. The third-order valence-corrected chi connectivity index (χ3v) is 4.63. The van der Waals surface area contributed by atoms with Gasteiger partial charge < -0.3 is 10.1 Å². The monoisotopic (exact) mass is 267 g/mol. The van der Waals surface area contributed by atoms with Crippen molar-refractivity contribution < 1.29 is 4.74 Å². The van der Waals surface area contributed by atoms with E-state index in [1.54, 1.807) is 13.4 Å². The molecule has 18 heavy (non-hydrogen) atoms. The lowest BCUT2D eigenvalue weighted by Gasteiger charge is -2.29. The molecule has 1 aliphatic carbocycles. The Hall–Kier alpha value is -0.970. The predicted octanol–water partition coefficient (Wildman–Crippen LogP) is 2.88. The Labute approximate surface area is 113 Å². The van der Waals surface area contributed by atoms with Gasteiger partial charge in [-0.05, 0) is 32.4 Å². The fourth-order valence-electron chi connectivity index (χ4n) is 2.47. The zero-order valence-electron chi connectivity index (χ0n) is 11.3. The number of aromatic nitrogens is 2. The summed E-state index contributed by atoms with van der Waals surface area (Å²) in [4.78, 5) is 8.43.